The summed E-state index contributed by atoms with van der Waals surface area (Å²) in [6.07, 6.45) is 5.23. The number of likely N-dealkylation sites (tertiary alicyclic amines) is 1. The summed E-state index contributed by atoms with van der Waals surface area (Å²) >= 11 is 0. The third kappa shape index (κ3) is 5.34. The summed E-state index contributed by atoms with van der Waals surface area (Å²) in [5.41, 5.74) is -0.926. The van der Waals surface area contributed by atoms with Gasteiger partial charge in [-0.25, -0.2) is 9.59 Å². The maximum Gasteiger partial charge on any atom is 0.411 e. The number of rotatable bonds is 4. The molecule has 0 aromatic carbocycles. The minimum absolute atomic E-state index is 0.0710. The zero-order valence-corrected chi connectivity index (χ0v) is 15.2. The minimum Gasteiger partial charge on any atom is -0.480 e. The van der Waals surface area contributed by atoms with E-state index in [0.29, 0.717) is 19.4 Å². The Bertz CT molecular complexity index is 534. The van der Waals surface area contributed by atoms with E-state index in [0.717, 1.165) is 32.1 Å². The molecule has 0 aromatic heterocycles. The van der Waals surface area contributed by atoms with E-state index in [1.54, 1.807) is 13.8 Å². The molecule has 0 bridgehead atoms. The average molecular weight is 355 g/mol. The molecule has 1 aliphatic heterocycles. The number of aliphatic carboxylic acids is 1. The molecule has 0 unspecified atom stereocenters. The van der Waals surface area contributed by atoms with Gasteiger partial charge in [0.15, 0.2) is 0 Å². The van der Waals surface area contributed by atoms with Crippen molar-refractivity contribution in [2.75, 3.05) is 13.1 Å². The van der Waals surface area contributed by atoms with Gasteiger partial charge < -0.3 is 14.7 Å². The van der Waals surface area contributed by atoms with Crippen LogP contribution in [0.2, 0.25) is 0 Å². The Labute approximate surface area is 150 Å². The van der Waals surface area contributed by atoms with Crippen LogP contribution >= 0.6 is 0 Å². The summed E-state index contributed by atoms with van der Waals surface area (Å²) in [7, 11) is 0. The summed E-state index contributed by atoms with van der Waals surface area (Å²) in [5, 5.41) is 9.29. The van der Waals surface area contributed by atoms with Gasteiger partial charge >= 0.3 is 12.1 Å². The smallest absolute Gasteiger partial charge is 0.411 e. The molecule has 0 aromatic rings. The maximum absolute atomic E-state index is 12.7. The van der Waals surface area contributed by atoms with Crippen LogP contribution in [0.25, 0.3) is 0 Å². The molecule has 1 saturated heterocycles. The van der Waals surface area contributed by atoms with E-state index >= 15 is 0 Å². The van der Waals surface area contributed by atoms with Gasteiger partial charge in [-0.05, 0) is 46.4 Å². The van der Waals surface area contributed by atoms with Crippen molar-refractivity contribution in [3.05, 3.63) is 0 Å². The standard InChI is InChI=1S/C18H30N2O5/c1-18(2,3)25-17(24)20(13-8-5-4-6-9-13)12-15(21)19-11-7-10-14(19)16(22)23/h13-14H,4-12H2,1-3H3,(H,22,23)/t14-/m0/s1/i1D. The van der Waals surface area contributed by atoms with Gasteiger partial charge in [0.1, 0.15) is 18.2 Å². The predicted molar refractivity (Wildman–Crippen MR) is 92.2 cm³/mol. The van der Waals surface area contributed by atoms with E-state index in [2.05, 4.69) is 0 Å². The van der Waals surface area contributed by atoms with Gasteiger partial charge in [-0.15, -0.1) is 0 Å². The van der Waals surface area contributed by atoms with E-state index < -0.39 is 23.7 Å². The van der Waals surface area contributed by atoms with Crippen LogP contribution in [0.3, 0.4) is 0 Å². The molecular weight excluding hydrogens is 324 g/mol. The first-order valence-corrected chi connectivity index (χ1v) is 9.06. The van der Waals surface area contributed by atoms with Crippen LogP contribution in [-0.4, -0.2) is 63.7 Å². The van der Waals surface area contributed by atoms with E-state index in [-0.39, 0.29) is 25.4 Å². The first-order chi connectivity index (χ1) is 12.2. The zero-order valence-electron chi connectivity index (χ0n) is 16.2. The fraction of sp³-hybridized carbons (Fsp3) is 0.833. The molecule has 1 N–H and O–H groups in total. The fourth-order valence-electron chi connectivity index (χ4n) is 3.59. The van der Waals surface area contributed by atoms with Crippen LogP contribution in [0, 0.1) is 0 Å². The minimum atomic E-state index is -1.00. The van der Waals surface area contributed by atoms with Crippen molar-refractivity contribution in [3.63, 3.8) is 0 Å². The molecule has 1 aliphatic carbocycles. The van der Waals surface area contributed by atoms with Gasteiger partial charge in [0.2, 0.25) is 5.91 Å². The SMILES string of the molecule is [2H]CC(C)(C)OC(=O)N(CC(=O)N1CCC[C@H]1C(=O)O)C1CCCCC1. The van der Waals surface area contributed by atoms with Crippen molar-refractivity contribution in [2.45, 2.75) is 83.4 Å². The van der Waals surface area contributed by atoms with E-state index in [4.69, 9.17) is 6.11 Å². The fourth-order valence-corrected chi connectivity index (χ4v) is 3.59. The summed E-state index contributed by atoms with van der Waals surface area (Å²) in [5.74, 6) is -1.35. The van der Waals surface area contributed by atoms with Crippen LogP contribution in [0.4, 0.5) is 4.79 Å². The summed E-state index contributed by atoms with van der Waals surface area (Å²) in [4.78, 5) is 39.6. The lowest BCUT2D eigenvalue weighted by Crippen LogP contribution is -2.51. The van der Waals surface area contributed by atoms with E-state index in [1.165, 1.54) is 9.80 Å². The molecule has 142 valence electrons. The van der Waals surface area contributed by atoms with Crippen LogP contribution in [-0.2, 0) is 14.3 Å². The third-order valence-electron chi connectivity index (χ3n) is 4.78. The second-order valence-electron chi connectivity index (χ2n) is 7.63. The normalized spacial score (nSPS) is 22.4. The Hall–Kier alpha value is -1.79. The predicted octanol–water partition coefficient (Wildman–Crippen LogP) is 2.63. The number of ether oxygens (including phenoxy) is 1. The Kier molecular flexibility index (Phi) is 5.81. The number of hydrogen-bond acceptors (Lipinski definition) is 4. The number of carboxylic acid groups (broad SMARTS) is 1. The largest absolute Gasteiger partial charge is 0.480 e. The number of nitrogens with zero attached hydrogens (tertiary/aromatic N) is 2. The maximum atomic E-state index is 12.7. The molecule has 0 spiro atoms. The van der Waals surface area contributed by atoms with E-state index in [9.17, 15) is 19.5 Å². The summed E-state index contributed by atoms with van der Waals surface area (Å²) in [6.45, 7) is 3.50. The number of carbonyl (C=O) groups excluding carboxylic acids is 2. The van der Waals surface area contributed by atoms with Crippen LogP contribution < -0.4 is 0 Å². The average Bonchev–Trinajstić information content (AvgIpc) is 3.10. The van der Waals surface area contributed by atoms with Crippen molar-refractivity contribution >= 4 is 18.0 Å². The topological polar surface area (TPSA) is 87.2 Å². The van der Waals surface area contributed by atoms with Crippen molar-refractivity contribution in [3.8, 4) is 0 Å². The number of amides is 2. The molecule has 2 rings (SSSR count). The Balaban J connectivity index is 2.11. The highest BCUT2D eigenvalue weighted by Crippen LogP contribution is 2.25. The Morgan fingerprint density at radius 1 is 1.20 bits per heavy atom. The highest BCUT2D eigenvalue weighted by atomic mass is 16.6. The molecule has 2 fully saturated rings. The second kappa shape index (κ2) is 8.06. The van der Waals surface area contributed by atoms with Gasteiger partial charge in [-0.1, -0.05) is 19.3 Å². The number of hydrogen-bond donors (Lipinski definition) is 1. The Morgan fingerprint density at radius 2 is 1.88 bits per heavy atom. The lowest BCUT2D eigenvalue weighted by Gasteiger charge is -2.36. The molecule has 1 heterocycles. The number of carboxylic acids is 1. The van der Waals surface area contributed by atoms with Crippen LogP contribution in [0.15, 0.2) is 0 Å². The summed E-state index contributed by atoms with van der Waals surface area (Å²) < 4.78 is 13.0. The molecule has 2 amide bonds. The Morgan fingerprint density at radius 3 is 2.48 bits per heavy atom. The van der Waals surface area contributed by atoms with E-state index in [1.807, 2.05) is 0 Å². The van der Waals surface area contributed by atoms with Crippen LogP contribution in [0.1, 0.15) is 67.1 Å². The lowest BCUT2D eigenvalue weighted by molar-refractivity contribution is -0.148. The van der Waals surface area contributed by atoms with Gasteiger partial charge in [-0.3, -0.25) is 9.69 Å². The summed E-state index contributed by atoms with van der Waals surface area (Å²) in [6, 6.07) is -0.885. The molecule has 7 heteroatoms. The number of carbonyl (C=O) groups is 3. The van der Waals surface area contributed by atoms with Crippen molar-refractivity contribution in [1.82, 2.24) is 9.80 Å². The molecule has 0 radical (unpaired) electrons. The first kappa shape index (κ1) is 18.0. The van der Waals surface area contributed by atoms with Crippen molar-refractivity contribution < 1.29 is 25.6 Å². The monoisotopic (exact) mass is 355 g/mol. The van der Waals surface area contributed by atoms with Gasteiger partial charge in [0.25, 0.3) is 0 Å². The van der Waals surface area contributed by atoms with Crippen molar-refractivity contribution in [1.29, 1.82) is 0 Å². The molecular formula is C18H30N2O5. The molecule has 7 nitrogen and oxygen atoms in total. The van der Waals surface area contributed by atoms with Gasteiger partial charge in [-0.2, -0.15) is 0 Å². The molecule has 1 saturated carbocycles. The molecule has 1 atom stereocenters. The van der Waals surface area contributed by atoms with Gasteiger partial charge in [0, 0.05) is 14.0 Å². The highest BCUT2D eigenvalue weighted by Gasteiger charge is 2.37. The van der Waals surface area contributed by atoms with Gasteiger partial charge in [0.05, 0.1) is 0 Å². The quantitative estimate of drug-likeness (QED) is 0.838. The van der Waals surface area contributed by atoms with Crippen molar-refractivity contribution in [2.24, 2.45) is 0 Å². The lowest BCUT2D eigenvalue weighted by atomic mass is 9.94. The molecule has 2 aliphatic rings. The first-order valence-electron chi connectivity index (χ1n) is 9.77. The molecule has 25 heavy (non-hydrogen) atoms. The van der Waals surface area contributed by atoms with Crippen LogP contribution in [0.5, 0.6) is 0 Å². The second-order valence-corrected chi connectivity index (χ2v) is 7.63. The highest BCUT2D eigenvalue weighted by molar-refractivity contribution is 5.87. The third-order valence-corrected chi connectivity index (χ3v) is 4.78. The zero-order chi connectivity index (χ0) is 19.3.